The van der Waals surface area contributed by atoms with Crippen molar-refractivity contribution in [2.24, 2.45) is 5.10 Å². The number of ether oxygens (including phenoxy) is 2. The second-order valence-electron chi connectivity index (χ2n) is 4.22. The summed E-state index contributed by atoms with van der Waals surface area (Å²) in [5.74, 6) is -2.29. The first-order valence-electron chi connectivity index (χ1n) is 6.75. The van der Waals surface area contributed by atoms with Crippen LogP contribution in [0.5, 0.6) is 11.5 Å². The zero-order valence-electron chi connectivity index (χ0n) is 13.0. The summed E-state index contributed by atoms with van der Waals surface area (Å²) in [6.07, 6.45) is 1.30. The van der Waals surface area contributed by atoms with E-state index in [1.54, 1.807) is 19.1 Å². The monoisotopic (exact) mass is 401 g/mol. The number of carboxylic acid groups (broad SMARTS) is 1. The highest BCUT2D eigenvalue weighted by Crippen LogP contribution is 2.36. The Morgan fingerprint density at radius 1 is 1.29 bits per heavy atom. The highest BCUT2D eigenvalue weighted by molar-refractivity contribution is 9.10. The maximum atomic E-state index is 11.3. The summed E-state index contributed by atoms with van der Waals surface area (Å²) >= 11 is 3.26. The van der Waals surface area contributed by atoms with Crippen LogP contribution in [0.2, 0.25) is 0 Å². The van der Waals surface area contributed by atoms with Gasteiger partial charge in [-0.3, -0.25) is 9.59 Å². The Labute approximate surface area is 146 Å². The molecule has 3 N–H and O–H groups in total. The molecule has 0 saturated carbocycles. The molecular weight excluding hydrogens is 386 g/mol. The number of hydrazone groups is 1. The van der Waals surface area contributed by atoms with E-state index < -0.39 is 24.4 Å². The third-order valence-electron chi connectivity index (χ3n) is 2.48. The predicted molar refractivity (Wildman–Crippen MR) is 88.2 cm³/mol. The number of likely N-dealkylation sites (N-methyl/N-ethyl adjacent to an activating group) is 1. The molecule has 1 aromatic carbocycles. The maximum Gasteiger partial charge on any atom is 0.341 e. The lowest BCUT2D eigenvalue weighted by molar-refractivity contribution is -0.139. The van der Waals surface area contributed by atoms with Crippen molar-refractivity contribution in [3.8, 4) is 11.5 Å². The SMILES string of the molecule is CCOc1cc(/C=N\NC(=O)C(=O)NC)cc(Br)c1OCC(=O)O. The zero-order chi connectivity index (χ0) is 18.1. The quantitative estimate of drug-likeness (QED) is 0.347. The Balaban J connectivity index is 2.95. The van der Waals surface area contributed by atoms with E-state index in [9.17, 15) is 14.4 Å². The van der Waals surface area contributed by atoms with Crippen molar-refractivity contribution in [2.75, 3.05) is 20.3 Å². The highest BCUT2D eigenvalue weighted by atomic mass is 79.9. The number of carboxylic acids is 1. The van der Waals surface area contributed by atoms with E-state index in [0.717, 1.165) is 0 Å². The van der Waals surface area contributed by atoms with E-state index in [1.807, 2.05) is 0 Å². The number of carbonyl (C=O) groups excluding carboxylic acids is 2. The van der Waals surface area contributed by atoms with Gasteiger partial charge in [0.25, 0.3) is 0 Å². The Kier molecular flexibility index (Phi) is 7.69. The first-order chi connectivity index (χ1) is 11.4. The van der Waals surface area contributed by atoms with Gasteiger partial charge in [0.2, 0.25) is 0 Å². The number of halogens is 1. The number of aliphatic carboxylic acids is 1. The van der Waals surface area contributed by atoms with Crippen molar-refractivity contribution in [2.45, 2.75) is 6.92 Å². The predicted octanol–water partition coefficient (Wildman–Crippen LogP) is 0.507. The molecule has 0 aromatic heterocycles. The van der Waals surface area contributed by atoms with Crippen LogP contribution in [0.3, 0.4) is 0 Å². The molecule has 0 aliphatic heterocycles. The number of nitrogens with zero attached hydrogens (tertiary/aromatic N) is 1. The molecule has 1 aromatic rings. The molecule has 0 heterocycles. The average molecular weight is 402 g/mol. The van der Waals surface area contributed by atoms with Gasteiger partial charge >= 0.3 is 17.8 Å². The van der Waals surface area contributed by atoms with Gasteiger partial charge in [0.15, 0.2) is 18.1 Å². The molecular formula is C14H16BrN3O6. The zero-order valence-corrected chi connectivity index (χ0v) is 14.5. The fourth-order valence-electron chi connectivity index (χ4n) is 1.53. The van der Waals surface area contributed by atoms with Crippen LogP contribution in [0.15, 0.2) is 21.7 Å². The molecule has 0 radical (unpaired) electrons. The largest absolute Gasteiger partial charge is 0.490 e. The van der Waals surface area contributed by atoms with E-state index in [-0.39, 0.29) is 5.75 Å². The fraction of sp³-hybridized carbons (Fsp3) is 0.286. The molecule has 0 aliphatic rings. The normalized spacial score (nSPS) is 10.3. The van der Waals surface area contributed by atoms with Gasteiger partial charge in [-0.15, -0.1) is 0 Å². The van der Waals surface area contributed by atoms with Crippen LogP contribution < -0.4 is 20.2 Å². The van der Waals surface area contributed by atoms with Crippen molar-refractivity contribution in [3.63, 3.8) is 0 Å². The van der Waals surface area contributed by atoms with Gasteiger partial charge < -0.3 is 19.9 Å². The van der Waals surface area contributed by atoms with Crippen LogP contribution in [0.1, 0.15) is 12.5 Å². The summed E-state index contributed by atoms with van der Waals surface area (Å²) in [5.41, 5.74) is 2.59. The Hall–Kier alpha value is -2.62. The van der Waals surface area contributed by atoms with E-state index in [2.05, 4.69) is 31.8 Å². The van der Waals surface area contributed by atoms with Crippen molar-refractivity contribution >= 4 is 39.9 Å². The highest BCUT2D eigenvalue weighted by Gasteiger charge is 2.13. The van der Waals surface area contributed by atoms with Gasteiger partial charge in [-0.05, 0) is 40.5 Å². The number of rotatable bonds is 7. The second kappa shape index (κ2) is 9.50. The van der Waals surface area contributed by atoms with Crippen LogP contribution in [0.4, 0.5) is 0 Å². The number of hydrogen-bond acceptors (Lipinski definition) is 6. The molecule has 0 atom stereocenters. The molecule has 0 fully saturated rings. The van der Waals surface area contributed by atoms with Gasteiger partial charge in [-0.25, -0.2) is 10.2 Å². The topological polar surface area (TPSA) is 126 Å². The summed E-state index contributed by atoms with van der Waals surface area (Å²) in [6.45, 7) is 1.58. The van der Waals surface area contributed by atoms with Crippen LogP contribution in [0, 0.1) is 0 Å². The maximum absolute atomic E-state index is 11.3. The van der Waals surface area contributed by atoms with E-state index in [0.29, 0.717) is 22.4 Å². The number of nitrogens with one attached hydrogen (secondary N) is 2. The van der Waals surface area contributed by atoms with Gasteiger partial charge in [-0.2, -0.15) is 5.10 Å². The second-order valence-corrected chi connectivity index (χ2v) is 5.08. The summed E-state index contributed by atoms with van der Waals surface area (Å²) in [6, 6.07) is 3.15. The van der Waals surface area contributed by atoms with Crippen LogP contribution in [0.25, 0.3) is 0 Å². The first-order valence-corrected chi connectivity index (χ1v) is 7.54. The molecule has 0 bridgehead atoms. The molecule has 0 aliphatic carbocycles. The molecule has 1 rings (SSSR count). The lowest BCUT2D eigenvalue weighted by Crippen LogP contribution is -2.35. The number of hydrogen-bond donors (Lipinski definition) is 3. The van der Waals surface area contributed by atoms with Crippen LogP contribution in [-0.4, -0.2) is 49.4 Å². The van der Waals surface area contributed by atoms with Crippen molar-refractivity contribution < 1.29 is 29.0 Å². The number of amides is 2. The molecule has 10 heteroatoms. The number of carbonyl (C=O) groups is 3. The average Bonchev–Trinajstić information content (AvgIpc) is 2.53. The minimum absolute atomic E-state index is 0.241. The number of benzene rings is 1. The standard InChI is InChI=1S/C14H16BrN3O6/c1-3-23-10-5-8(6-17-18-14(22)13(21)16-2)4-9(15)12(10)24-7-11(19)20/h4-6H,3,7H2,1-2H3,(H,16,21)(H,18,22)(H,19,20)/b17-6-. The van der Waals surface area contributed by atoms with Crippen molar-refractivity contribution in [3.05, 3.63) is 22.2 Å². The Morgan fingerprint density at radius 2 is 2.00 bits per heavy atom. The minimum atomic E-state index is -1.12. The molecule has 9 nitrogen and oxygen atoms in total. The molecule has 0 saturated heterocycles. The van der Waals surface area contributed by atoms with Gasteiger partial charge in [0, 0.05) is 7.05 Å². The molecule has 0 spiro atoms. The van der Waals surface area contributed by atoms with E-state index in [1.165, 1.54) is 13.3 Å². The van der Waals surface area contributed by atoms with Crippen LogP contribution in [-0.2, 0) is 14.4 Å². The molecule has 130 valence electrons. The molecule has 24 heavy (non-hydrogen) atoms. The summed E-state index contributed by atoms with van der Waals surface area (Å²) in [4.78, 5) is 32.9. The van der Waals surface area contributed by atoms with Gasteiger partial charge in [-0.1, -0.05) is 0 Å². The first kappa shape index (κ1) is 19.4. The van der Waals surface area contributed by atoms with Gasteiger partial charge in [0.05, 0.1) is 17.3 Å². The van der Waals surface area contributed by atoms with Crippen molar-refractivity contribution in [1.29, 1.82) is 0 Å². The Bertz CT molecular complexity index is 662. The summed E-state index contributed by atoms with van der Waals surface area (Å²) in [7, 11) is 1.33. The molecule has 0 unspecified atom stereocenters. The Morgan fingerprint density at radius 3 is 2.58 bits per heavy atom. The lowest BCUT2D eigenvalue weighted by Gasteiger charge is -2.13. The van der Waals surface area contributed by atoms with E-state index >= 15 is 0 Å². The minimum Gasteiger partial charge on any atom is -0.490 e. The third-order valence-corrected chi connectivity index (χ3v) is 3.07. The third kappa shape index (κ3) is 5.88. The smallest absolute Gasteiger partial charge is 0.341 e. The fourth-order valence-corrected chi connectivity index (χ4v) is 2.10. The van der Waals surface area contributed by atoms with E-state index in [4.69, 9.17) is 14.6 Å². The van der Waals surface area contributed by atoms with Gasteiger partial charge in [0.1, 0.15) is 0 Å². The summed E-state index contributed by atoms with van der Waals surface area (Å²) in [5, 5.41) is 14.5. The van der Waals surface area contributed by atoms with Crippen LogP contribution >= 0.6 is 15.9 Å². The summed E-state index contributed by atoms with van der Waals surface area (Å²) < 4.78 is 11.1. The lowest BCUT2D eigenvalue weighted by atomic mass is 10.2. The van der Waals surface area contributed by atoms with Crippen molar-refractivity contribution in [1.82, 2.24) is 10.7 Å². The molecule has 2 amide bonds.